The molecule has 4 N–H and O–H groups in total. The van der Waals surface area contributed by atoms with Crippen LogP contribution in [0.3, 0.4) is 0 Å². The van der Waals surface area contributed by atoms with Crippen molar-refractivity contribution in [2.45, 2.75) is 18.9 Å². The number of nitrogen functional groups attached to an aromatic ring is 1. The van der Waals surface area contributed by atoms with E-state index in [1.54, 1.807) is 12.1 Å². The summed E-state index contributed by atoms with van der Waals surface area (Å²) in [5.74, 6) is 5.40. The molecule has 2 rings (SSSR count). The molecule has 19 heavy (non-hydrogen) atoms. The van der Waals surface area contributed by atoms with Gasteiger partial charge in [0, 0.05) is 12.6 Å². The molecule has 0 spiro atoms. The van der Waals surface area contributed by atoms with Crippen LogP contribution in [0, 0.1) is 0 Å². The minimum atomic E-state index is -0.276. The normalized spacial score (nSPS) is 19.4. The molecule has 0 aliphatic carbocycles. The van der Waals surface area contributed by atoms with Gasteiger partial charge in [-0.25, -0.2) is 10.8 Å². The van der Waals surface area contributed by atoms with Crippen molar-refractivity contribution in [3.63, 3.8) is 0 Å². The Morgan fingerprint density at radius 2 is 2.42 bits per heavy atom. The molecule has 0 radical (unpaired) electrons. The maximum Gasteiger partial charge on any atom is 0.271 e. The quantitative estimate of drug-likeness (QED) is 0.563. The number of pyridine rings is 1. The lowest BCUT2D eigenvalue weighted by Gasteiger charge is -2.19. The predicted octanol–water partition coefficient (Wildman–Crippen LogP) is 0.845. The summed E-state index contributed by atoms with van der Waals surface area (Å²) in [6.07, 6.45) is 2.27. The number of halogens is 1. The molecule has 1 aromatic rings. The van der Waals surface area contributed by atoms with Gasteiger partial charge in [-0.1, -0.05) is 11.6 Å². The first-order valence-corrected chi connectivity index (χ1v) is 6.61. The average Bonchev–Trinajstić information content (AvgIpc) is 2.82. The van der Waals surface area contributed by atoms with Crippen molar-refractivity contribution in [2.75, 3.05) is 25.6 Å². The fourth-order valence-electron chi connectivity index (χ4n) is 2.21. The second kappa shape index (κ2) is 6.18. The van der Waals surface area contributed by atoms with E-state index in [0.29, 0.717) is 23.4 Å². The molecule has 1 aliphatic heterocycles. The summed E-state index contributed by atoms with van der Waals surface area (Å²) in [6, 6.07) is 3.60. The summed E-state index contributed by atoms with van der Waals surface area (Å²) in [6.45, 7) is 1.68. The molecule has 1 aliphatic rings. The number of likely N-dealkylation sites (tertiary alicyclic amines) is 1. The number of nitrogens with zero attached hydrogens (tertiary/aromatic N) is 2. The highest BCUT2D eigenvalue weighted by molar-refractivity contribution is 6.33. The molecule has 0 bridgehead atoms. The van der Waals surface area contributed by atoms with Crippen LogP contribution in [0.25, 0.3) is 0 Å². The molecule has 7 heteroatoms. The number of nitrogens with two attached hydrogens (primary N) is 1. The maximum absolute atomic E-state index is 12.1. The van der Waals surface area contributed by atoms with E-state index in [1.807, 2.05) is 0 Å². The fourth-order valence-corrected chi connectivity index (χ4v) is 2.40. The summed E-state index contributed by atoms with van der Waals surface area (Å²) >= 11 is 5.97. The molecule has 1 aromatic heterocycles. The van der Waals surface area contributed by atoms with Gasteiger partial charge in [0.1, 0.15) is 11.5 Å². The van der Waals surface area contributed by atoms with Gasteiger partial charge in [0.15, 0.2) is 0 Å². The van der Waals surface area contributed by atoms with Crippen molar-refractivity contribution in [1.29, 1.82) is 0 Å². The van der Waals surface area contributed by atoms with Gasteiger partial charge in [-0.3, -0.25) is 4.79 Å². The standard InChI is InChI=1S/C12H18ClN5O/c1-18-6-2-3-8(18)7-15-12(19)11-9(13)4-5-10(16-11)17-14/h4-5,8H,2-3,6-7,14H2,1H3,(H,15,19)(H,16,17). The molecule has 1 atom stereocenters. The Kier molecular flexibility index (Phi) is 4.57. The third kappa shape index (κ3) is 3.34. The number of hydrogen-bond donors (Lipinski definition) is 3. The Morgan fingerprint density at radius 3 is 3.05 bits per heavy atom. The summed E-state index contributed by atoms with van der Waals surface area (Å²) in [4.78, 5) is 18.4. The first-order chi connectivity index (χ1) is 9.11. The van der Waals surface area contributed by atoms with Gasteiger partial charge < -0.3 is 15.6 Å². The number of likely N-dealkylation sites (N-methyl/N-ethyl adjacent to an activating group) is 1. The van der Waals surface area contributed by atoms with Crippen LogP contribution < -0.4 is 16.6 Å². The third-order valence-electron chi connectivity index (χ3n) is 3.38. The van der Waals surface area contributed by atoms with Crippen LogP contribution >= 0.6 is 11.6 Å². The summed E-state index contributed by atoms with van der Waals surface area (Å²) in [5, 5.41) is 3.18. The lowest BCUT2D eigenvalue weighted by atomic mass is 10.2. The van der Waals surface area contributed by atoms with Gasteiger partial charge in [0.2, 0.25) is 0 Å². The average molecular weight is 284 g/mol. The van der Waals surface area contributed by atoms with Crippen molar-refractivity contribution in [3.8, 4) is 0 Å². The molecular weight excluding hydrogens is 266 g/mol. The number of rotatable bonds is 4. The smallest absolute Gasteiger partial charge is 0.271 e. The topological polar surface area (TPSA) is 83.3 Å². The summed E-state index contributed by atoms with van der Waals surface area (Å²) in [5.41, 5.74) is 2.59. The largest absolute Gasteiger partial charge is 0.349 e. The van der Waals surface area contributed by atoms with Gasteiger partial charge in [0.05, 0.1) is 5.02 Å². The lowest BCUT2D eigenvalue weighted by Crippen LogP contribution is -2.38. The Balaban J connectivity index is 1.99. The number of nitrogens with one attached hydrogen (secondary N) is 2. The van der Waals surface area contributed by atoms with Gasteiger partial charge >= 0.3 is 0 Å². The molecule has 1 saturated heterocycles. The molecular formula is C12H18ClN5O. The highest BCUT2D eigenvalue weighted by atomic mass is 35.5. The minimum absolute atomic E-state index is 0.192. The highest BCUT2D eigenvalue weighted by Crippen LogP contribution is 2.17. The van der Waals surface area contributed by atoms with Crippen LogP contribution in [-0.2, 0) is 0 Å². The molecule has 6 nitrogen and oxygen atoms in total. The van der Waals surface area contributed by atoms with Crippen molar-refractivity contribution in [2.24, 2.45) is 5.84 Å². The Hall–Kier alpha value is -1.37. The Labute approximate surface area is 117 Å². The van der Waals surface area contributed by atoms with Crippen molar-refractivity contribution in [1.82, 2.24) is 15.2 Å². The van der Waals surface area contributed by atoms with E-state index < -0.39 is 0 Å². The number of aromatic nitrogens is 1. The van der Waals surface area contributed by atoms with Crippen molar-refractivity contribution >= 4 is 23.3 Å². The minimum Gasteiger partial charge on any atom is -0.349 e. The Bertz CT molecular complexity index is 467. The number of hydrazine groups is 1. The Morgan fingerprint density at radius 1 is 1.63 bits per heavy atom. The van der Waals surface area contributed by atoms with Crippen LogP contribution in [0.1, 0.15) is 23.3 Å². The molecule has 1 unspecified atom stereocenters. The van der Waals surface area contributed by atoms with Crippen LogP contribution in [0.4, 0.5) is 5.82 Å². The number of amides is 1. The van der Waals surface area contributed by atoms with E-state index in [0.717, 1.165) is 13.0 Å². The molecule has 0 saturated carbocycles. The van der Waals surface area contributed by atoms with E-state index >= 15 is 0 Å². The van der Waals surface area contributed by atoms with E-state index in [2.05, 4.69) is 27.7 Å². The zero-order valence-electron chi connectivity index (χ0n) is 10.8. The highest BCUT2D eigenvalue weighted by Gasteiger charge is 2.22. The zero-order chi connectivity index (χ0) is 13.8. The number of hydrogen-bond acceptors (Lipinski definition) is 5. The SMILES string of the molecule is CN1CCCC1CNC(=O)c1nc(NN)ccc1Cl. The van der Waals surface area contributed by atoms with E-state index in [1.165, 1.54) is 6.42 Å². The van der Waals surface area contributed by atoms with E-state index in [9.17, 15) is 4.79 Å². The van der Waals surface area contributed by atoms with E-state index in [-0.39, 0.29) is 11.6 Å². The summed E-state index contributed by atoms with van der Waals surface area (Å²) < 4.78 is 0. The fraction of sp³-hybridized carbons (Fsp3) is 0.500. The monoisotopic (exact) mass is 283 g/mol. The molecule has 1 fully saturated rings. The van der Waals surface area contributed by atoms with Gasteiger partial charge in [-0.15, -0.1) is 0 Å². The number of carbonyl (C=O) groups is 1. The van der Waals surface area contributed by atoms with E-state index in [4.69, 9.17) is 17.4 Å². The van der Waals surface area contributed by atoms with Gasteiger partial charge in [-0.05, 0) is 38.6 Å². The second-order valence-corrected chi connectivity index (χ2v) is 5.07. The molecule has 104 valence electrons. The second-order valence-electron chi connectivity index (χ2n) is 4.66. The number of carbonyl (C=O) groups excluding carboxylic acids is 1. The van der Waals surface area contributed by atoms with Crippen LogP contribution in [0.5, 0.6) is 0 Å². The number of anilines is 1. The first kappa shape index (κ1) is 14.0. The predicted molar refractivity (Wildman–Crippen MR) is 75.0 cm³/mol. The molecule has 0 aromatic carbocycles. The van der Waals surface area contributed by atoms with Gasteiger partial charge in [-0.2, -0.15) is 0 Å². The van der Waals surface area contributed by atoms with Crippen LogP contribution in [0.2, 0.25) is 5.02 Å². The maximum atomic E-state index is 12.1. The lowest BCUT2D eigenvalue weighted by molar-refractivity contribution is 0.0939. The molecule has 1 amide bonds. The van der Waals surface area contributed by atoms with Crippen LogP contribution in [-0.4, -0.2) is 42.0 Å². The third-order valence-corrected chi connectivity index (χ3v) is 3.68. The van der Waals surface area contributed by atoms with Crippen LogP contribution in [0.15, 0.2) is 12.1 Å². The summed E-state index contributed by atoms with van der Waals surface area (Å²) in [7, 11) is 2.06. The van der Waals surface area contributed by atoms with Gasteiger partial charge in [0.25, 0.3) is 5.91 Å². The zero-order valence-corrected chi connectivity index (χ0v) is 11.6. The van der Waals surface area contributed by atoms with Crippen molar-refractivity contribution < 1.29 is 4.79 Å². The van der Waals surface area contributed by atoms with Crippen molar-refractivity contribution in [3.05, 3.63) is 22.8 Å². The first-order valence-electron chi connectivity index (χ1n) is 6.23. The molecule has 2 heterocycles.